The molecule has 5 nitrogen and oxygen atoms in total. The lowest BCUT2D eigenvalue weighted by molar-refractivity contribution is -0.148. The molecule has 212 valence electrons. The molecule has 42 heavy (non-hydrogen) atoms. The standard InChI is InChI=1S/C37H34O5/c1-40-36(37(38)39)26-27-13-22-35(34(25-27)32-16-14-30(15-17-32)28-9-4-2-5-10-28)42-24-8-23-41-33-20-18-31(19-21-33)29-11-6-3-7-12-29/h2-7,9-22,25,36H,8,23-24,26H2,1H3,(H,38,39)/t36-/m0/s1. The highest BCUT2D eigenvalue weighted by atomic mass is 16.5. The van der Waals surface area contributed by atoms with Crippen LogP contribution >= 0.6 is 0 Å². The van der Waals surface area contributed by atoms with E-state index < -0.39 is 12.1 Å². The monoisotopic (exact) mass is 558 g/mol. The van der Waals surface area contributed by atoms with Crippen LogP contribution in [-0.4, -0.2) is 37.5 Å². The third-order valence-electron chi connectivity index (χ3n) is 7.10. The molecule has 0 unspecified atom stereocenters. The van der Waals surface area contributed by atoms with Gasteiger partial charge in [-0.25, -0.2) is 4.79 Å². The van der Waals surface area contributed by atoms with Gasteiger partial charge < -0.3 is 19.3 Å². The Bertz CT molecular complexity index is 1560. The molecule has 0 aliphatic heterocycles. The minimum atomic E-state index is -0.985. The quantitative estimate of drug-likeness (QED) is 0.148. The molecule has 5 rings (SSSR count). The molecule has 5 heteroatoms. The van der Waals surface area contributed by atoms with Gasteiger partial charge in [0, 0.05) is 25.5 Å². The van der Waals surface area contributed by atoms with Gasteiger partial charge in [-0.15, -0.1) is 0 Å². The van der Waals surface area contributed by atoms with Crippen molar-refractivity contribution >= 4 is 5.97 Å². The number of hydrogen-bond donors (Lipinski definition) is 1. The fourth-order valence-electron chi connectivity index (χ4n) is 4.82. The molecule has 0 fully saturated rings. The van der Waals surface area contributed by atoms with E-state index in [-0.39, 0.29) is 6.42 Å². The zero-order chi connectivity index (χ0) is 29.1. The molecule has 0 radical (unpaired) electrons. The molecule has 0 bridgehead atoms. The molecular formula is C37H34O5. The number of carboxylic acids is 1. The van der Waals surface area contributed by atoms with E-state index in [0.29, 0.717) is 19.6 Å². The summed E-state index contributed by atoms with van der Waals surface area (Å²) < 4.78 is 17.3. The molecule has 1 N–H and O–H groups in total. The average molecular weight is 559 g/mol. The summed E-state index contributed by atoms with van der Waals surface area (Å²) in [6.45, 7) is 1.00. The van der Waals surface area contributed by atoms with Crippen molar-refractivity contribution in [1.82, 2.24) is 0 Å². The molecule has 0 saturated carbocycles. The van der Waals surface area contributed by atoms with Crippen LogP contribution in [-0.2, 0) is 16.0 Å². The molecule has 0 aliphatic rings. The number of benzene rings is 5. The summed E-state index contributed by atoms with van der Waals surface area (Å²) in [6, 6.07) is 42.7. The molecular weight excluding hydrogens is 524 g/mol. The largest absolute Gasteiger partial charge is 0.493 e. The number of ether oxygens (including phenoxy) is 3. The first-order valence-corrected chi connectivity index (χ1v) is 14.1. The predicted molar refractivity (Wildman–Crippen MR) is 167 cm³/mol. The fourth-order valence-corrected chi connectivity index (χ4v) is 4.82. The highest BCUT2D eigenvalue weighted by molar-refractivity contribution is 5.76. The summed E-state index contributed by atoms with van der Waals surface area (Å²) >= 11 is 0. The van der Waals surface area contributed by atoms with Crippen molar-refractivity contribution in [3.05, 3.63) is 133 Å². The van der Waals surface area contributed by atoms with Crippen LogP contribution in [0.3, 0.4) is 0 Å². The van der Waals surface area contributed by atoms with E-state index in [4.69, 9.17) is 14.2 Å². The van der Waals surface area contributed by atoms with Crippen LogP contribution in [0.4, 0.5) is 0 Å². The Kier molecular flexibility index (Phi) is 9.65. The van der Waals surface area contributed by atoms with E-state index in [1.54, 1.807) is 0 Å². The van der Waals surface area contributed by atoms with Crippen LogP contribution in [0.25, 0.3) is 33.4 Å². The van der Waals surface area contributed by atoms with E-state index in [2.05, 4.69) is 60.7 Å². The molecule has 5 aromatic rings. The van der Waals surface area contributed by atoms with Gasteiger partial charge in [0.15, 0.2) is 6.10 Å². The van der Waals surface area contributed by atoms with Crippen molar-refractivity contribution in [1.29, 1.82) is 0 Å². The van der Waals surface area contributed by atoms with Crippen LogP contribution in [0.15, 0.2) is 127 Å². The van der Waals surface area contributed by atoms with Gasteiger partial charge in [0.1, 0.15) is 11.5 Å². The van der Waals surface area contributed by atoms with Crippen molar-refractivity contribution < 1.29 is 24.1 Å². The van der Waals surface area contributed by atoms with Gasteiger partial charge >= 0.3 is 5.97 Å². The maximum absolute atomic E-state index is 11.6. The van der Waals surface area contributed by atoms with Crippen molar-refractivity contribution in [2.75, 3.05) is 20.3 Å². The Morgan fingerprint density at radius 2 is 1.17 bits per heavy atom. The molecule has 0 amide bonds. The molecule has 0 saturated heterocycles. The van der Waals surface area contributed by atoms with E-state index in [9.17, 15) is 9.90 Å². The molecule has 0 aliphatic carbocycles. The Balaban J connectivity index is 1.25. The molecule has 0 spiro atoms. The maximum Gasteiger partial charge on any atom is 0.333 e. The van der Waals surface area contributed by atoms with Crippen LogP contribution in [0.2, 0.25) is 0 Å². The van der Waals surface area contributed by atoms with Gasteiger partial charge in [0.25, 0.3) is 0 Å². The number of aliphatic carboxylic acids is 1. The maximum atomic E-state index is 11.6. The first-order chi connectivity index (χ1) is 20.6. The van der Waals surface area contributed by atoms with E-state index in [1.165, 1.54) is 12.7 Å². The second-order valence-electron chi connectivity index (χ2n) is 9.98. The average Bonchev–Trinajstić information content (AvgIpc) is 3.05. The second-order valence-corrected chi connectivity index (χ2v) is 9.98. The minimum Gasteiger partial charge on any atom is -0.493 e. The second kappa shape index (κ2) is 14.2. The summed E-state index contributed by atoms with van der Waals surface area (Å²) in [7, 11) is 1.42. The number of carboxylic acid groups (broad SMARTS) is 1. The van der Waals surface area contributed by atoms with Gasteiger partial charge in [0.05, 0.1) is 13.2 Å². The highest BCUT2D eigenvalue weighted by Gasteiger charge is 2.18. The van der Waals surface area contributed by atoms with Crippen LogP contribution in [0, 0.1) is 0 Å². The lowest BCUT2D eigenvalue weighted by Crippen LogP contribution is -2.24. The van der Waals surface area contributed by atoms with Gasteiger partial charge in [-0.05, 0) is 57.6 Å². The number of hydrogen-bond acceptors (Lipinski definition) is 4. The third kappa shape index (κ3) is 7.45. The Morgan fingerprint density at radius 3 is 1.74 bits per heavy atom. The normalized spacial score (nSPS) is 11.5. The van der Waals surface area contributed by atoms with Crippen LogP contribution in [0.5, 0.6) is 11.5 Å². The lowest BCUT2D eigenvalue weighted by Gasteiger charge is -2.16. The summed E-state index contributed by atoms with van der Waals surface area (Å²) in [5, 5.41) is 9.47. The minimum absolute atomic E-state index is 0.262. The van der Waals surface area contributed by atoms with Crippen LogP contribution < -0.4 is 9.47 Å². The number of methoxy groups -OCH3 is 1. The summed E-state index contributed by atoms with van der Waals surface area (Å²) in [5.41, 5.74) is 7.36. The number of rotatable bonds is 13. The SMILES string of the molecule is CO[C@@H](Cc1ccc(OCCCOc2ccc(-c3ccccc3)cc2)c(-c2ccc(-c3ccccc3)cc2)c1)C(=O)O. The van der Waals surface area contributed by atoms with Crippen molar-refractivity contribution in [3.63, 3.8) is 0 Å². The van der Waals surface area contributed by atoms with Crippen LogP contribution in [0.1, 0.15) is 12.0 Å². The zero-order valence-electron chi connectivity index (χ0n) is 23.6. The predicted octanol–water partition coefficient (Wildman–Crippen LogP) is 8.18. The summed E-state index contributed by atoms with van der Waals surface area (Å²) in [5.74, 6) is 0.577. The van der Waals surface area contributed by atoms with E-state index in [1.807, 2.05) is 66.7 Å². The molecule has 0 heterocycles. The summed E-state index contributed by atoms with van der Waals surface area (Å²) in [4.78, 5) is 11.6. The Hall–Kier alpha value is -4.87. The number of carbonyl (C=O) groups is 1. The van der Waals surface area contributed by atoms with Gasteiger partial charge in [-0.3, -0.25) is 0 Å². The van der Waals surface area contributed by atoms with Crippen molar-refractivity contribution in [2.24, 2.45) is 0 Å². The Labute approximate surface area is 247 Å². The van der Waals surface area contributed by atoms with Crippen molar-refractivity contribution in [3.8, 4) is 44.9 Å². The van der Waals surface area contributed by atoms with Crippen molar-refractivity contribution in [2.45, 2.75) is 18.9 Å². The fraction of sp³-hybridized carbons (Fsp3) is 0.162. The molecule has 0 aromatic heterocycles. The molecule has 5 aromatic carbocycles. The zero-order valence-corrected chi connectivity index (χ0v) is 23.6. The molecule has 1 atom stereocenters. The van der Waals surface area contributed by atoms with E-state index >= 15 is 0 Å². The smallest absolute Gasteiger partial charge is 0.333 e. The first-order valence-electron chi connectivity index (χ1n) is 14.1. The Morgan fingerprint density at radius 1 is 0.643 bits per heavy atom. The topological polar surface area (TPSA) is 65.0 Å². The lowest BCUT2D eigenvalue weighted by atomic mass is 9.97. The van der Waals surface area contributed by atoms with E-state index in [0.717, 1.165) is 44.9 Å². The van der Waals surface area contributed by atoms with Gasteiger partial charge in [-0.1, -0.05) is 103 Å². The van der Waals surface area contributed by atoms with Gasteiger partial charge in [0.2, 0.25) is 0 Å². The third-order valence-corrected chi connectivity index (χ3v) is 7.10. The summed E-state index contributed by atoms with van der Waals surface area (Å²) in [6.07, 6.45) is 0.0567. The first kappa shape index (κ1) is 28.7. The highest BCUT2D eigenvalue weighted by Crippen LogP contribution is 2.33. The van der Waals surface area contributed by atoms with Gasteiger partial charge in [-0.2, -0.15) is 0 Å².